The molecule has 3 aromatic carbocycles. The van der Waals surface area contributed by atoms with Crippen LogP contribution in [0.25, 0.3) is 0 Å². The van der Waals surface area contributed by atoms with Gasteiger partial charge in [-0.3, -0.25) is 9.59 Å². The van der Waals surface area contributed by atoms with E-state index in [1.807, 2.05) is 24.3 Å². The van der Waals surface area contributed by atoms with E-state index in [2.05, 4.69) is 10.6 Å². The molecule has 0 aliphatic rings. The van der Waals surface area contributed by atoms with Gasteiger partial charge in [-0.2, -0.15) is 0 Å². The average Bonchev–Trinajstić information content (AvgIpc) is 2.75. The second-order valence-corrected chi connectivity index (χ2v) is 6.27. The number of carbonyl (C=O) groups excluding carboxylic acids is 2. The van der Waals surface area contributed by atoms with Crippen molar-refractivity contribution < 1.29 is 19.1 Å². The first kappa shape index (κ1) is 19.9. The van der Waals surface area contributed by atoms with Crippen molar-refractivity contribution in [2.75, 3.05) is 17.7 Å². The highest BCUT2D eigenvalue weighted by atomic mass is 16.5. The van der Waals surface area contributed by atoms with Gasteiger partial charge in [0.1, 0.15) is 0 Å². The Morgan fingerprint density at radius 3 is 2.14 bits per heavy atom. The Morgan fingerprint density at radius 2 is 1.41 bits per heavy atom. The second kappa shape index (κ2) is 9.41. The van der Waals surface area contributed by atoms with Crippen molar-refractivity contribution >= 4 is 23.2 Å². The van der Waals surface area contributed by atoms with Gasteiger partial charge in [0.2, 0.25) is 0 Å². The lowest BCUT2D eigenvalue weighted by Crippen LogP contribution is -2.31. The van der Waals surface area contributed by atoms with Gasteiger partial charge in [-0.05, 0) is 43.3 Å². The first-order valence-corrected chi connectivity index (χ1v) is 9.14. The zero-order valence-electron chi connectivity index (χ0n) is 16.2. The van der Waals surface area contributed by atoms with Crippen LogP contribution in [0.2, 0.25) is 0 Å². The minimum absolute atomic E-state index is 0.314. The van der Waals surface area contributed by atoms with Crippen molar-refractivity contribution in [3.63, 3.8) is 0 Å². The van der Waals surface area contributed by atoms with Crippen LogP contribution in [0.3, 0.4) is 0 Å². The summed E-state index contributed by atoms with van der Waals surface area (Å²) >= 11 is 0. The number of benzene rings is 3. The molecule has 0 spiro atoms. The van der Waals surface area contributed by atoms with Crippen molar-refractivity contribution in [1.29, 1.82) is 0 Å². The topological polar surface area (TPSA) is 76.7 Å². The van der Waals surface area contributed by atoms with Gasteiger partial charge in [0.15, 0.2) is 17.6 Å². The number of amides is 2. The third-order valence-electron chi connectivity index (χ3n) is 4.20. The summed E-state index contributed by atoms with van der Waals surface area (Å²) in [4.78, 5) is 25.3. The summed E-state index contributed by atoms with van der Waals surface area (Å²) in [5.74, 6) is 0.309. The number of nitrogens with one attached hydrogen (secondary N) is 2. The summed E-state index contributed by atoms with van der Waals surface area (Å²) in [5, 5.41) is 5.59. The quantitative estimate of drug-likeness (QED) is 0.629. The van der Waals surface area contributed by atoms with Crippen molar-refractivity contribution in [3.05, 3.63) is 84.4 Å². The summed E-state index contributed by atoms with van der Waals surface area (Å²) in [6, 6.07) is 23.0. The van der Waals surface area contributed by atoms with Gasteiger partial charge in [0, 0.05) is 5.69 Å². The Balaban J connectivity index is 1.71. The molecule has 3 aromatic rings. The number of rotatable bonds is 7. The van der Waals surface area contributed by atoms with Crippen LogP contribution in [0, 0.1) is 0 Å². The molecule has 148 valence electrons. The molecule has 2 N–H and O–H groups in total. The van der Waals surface area contributed by atoms with Crippen LogP contribution in [0.1, 0.15) is 17.3 Å². The number of hydrogen-bond donors (Lipinski definition) is 2. The van der Waals surface area contributed by atoms with Gasteiger partial charge in [0.25, 0.3) is 11.8 Å². The highest BCUT2D eigenvalue weighted by Gasteiger charge is 2.19. The van der Waals surface area contributed by atoms with Crippen LogP contribution in [-0.2, 0) is 4.79 Å². The number of ether oxygens (including phenoxy) is 2. The smallest absolute Gasteiger partial charge is 0.265 e. The lowest BCUT2D eigenvalue weighted by Gasteiger charge is -2.17. The van der Waals surface area contributed by atoms with Crippen molar-refractivity contribution in [1.82, 2.24) is 0 Å². The molecule has 0 aliphatic carbocycles. The summed E-state index contributed by atoms with van der Waals surface area (Å²) in [5.41, 5.74) is 1.43. The SMILES string of the molecule is COc1ccccc1OC(C)C(=O)Nc1ccccc1C(=O)Nc1ccccc1. The molecular weight excluding hydrogens is 368 g/mol. The van der Waals surface area contributed by atoms with Gasteiger partial charge in [-0.15, -0.1) is 0 Å². The number of methoxy groups -OCH3 is 1. The summed E-state index contributed by atoms with van der Waals surface area (Å²) in [7, 11) is 1.54. The zero-order chi connectivity index (χ0) is 20.6. The monoisotopic (exact) mass is 390 g/mol. The van der Waals surface area contributed by atoms with Crippen molar-refractivity contribution in [2.45, 2.75) is 13.0 Å². The number of anilines is 2. The molecule has 0 saturated heterocycles. The highest BCUT2D eigenvalue weighted by molar-refractivity contribution is 6.10. The van der Waals surface area contributed by atoms with E-state index < -0.39 is 6.10 Å². The molecule has 0 bridgehead atoms. The molecule has 2 amide bonds. The van der Waals surface area contributed by atoms with E-state index in [0.717, 1.165) is 0 Å². The molecule has 3 rings (SSSR count). The molecule has 1 unspecified atom stereocenters. The maximum atomic E-state index is 12.7. The Kier molecular flexibility index (Phi) is 6.47. The normalized spacial score (nSPS) is 11.2. The van der Waals surface area contributed by atoms with E-state index in [0.29, 0.717) is 28.4 Å². The maximum absolute atomic E-state index is 12.7. The van der Waals surface area contributed by atoms with E-state index in [9.17, 15) is 9.59 Å². The van der Waals surface area contributed by atoms with Crippen LogP contribution >= 0.6 is 0 Å². The Bertz CT molecular complexity index is 989. The number of para-hydroxylation sites is 4. The Hall–Kier alpha value is -3.80. The molecule has 6 nitrogen and oxygen atoms in total. The first-order valence-electron chi connectivity index (χ1n) is 9.14. The Morgan fingerprint density at radius 1 is 0.793 bits per heavy atom. The van der Waals surface area contributed by atoms with E-state index in [-0.39, 0.29) is 11.8 Å². The third kappa shape index (κ3) is 5.13. The standard InChI is InChI=1S/C23H22N2O4/c1-16(29-21-15-9-8-14-20(21)28-2)22(26)25-19-13-7-6-12-18(19)23(27)24-17-10-4-3-5-11-17/h3-16H,1-2H3,(H,24,27)(H,25,26). The molecule has 0 heterocycles. The molecule has 0 aromatic heterocycles. The van der Waals surface area contributed by atoms with E-state index in [1.54, 1.807) is 61.5 Å². The van der Waals surface area contributed by atoms with Crippen LogP contribution in [-0.4, -0.2) is 25.0 Å². The minimum Gasteiger partial charge on any atom is -0.493 e. The third-order valence-corrected chi connectivity index (χ3v) is 4.20. The molecular formula is C23H22N2O4. The largest absolute Gasteiger partial charge is 0.493 e. The van der Waals surface area contributed by atoms with Gasteiger partial charge < -0.3 is 20.1 Å². The molecule has 29 heavy (non-hydrogen) atoms. The van der Waals surface area contributed by atoms with Crippen LogP contribution < -0.4 is 20.1 Å². The molecule has 0 radical (unpaired) electrons. The number of carbonyl (C=O) groups is 2. The second-order valence-electron chi connectivity index (χ2n) is 6.27. The lowest BCUT2D eigenvalue weighted by molar-refractivity contribution is -0.122. The summed E-state index contributed by atoms with van der Waals surface area (Å²) < 4.78 is 11.0. The lowest BCUT2D eigenvalue weighted by atomic mass is 10.1. The van der Waals surface area contributed by atoms with Crippen molar-refractivity contribution in [3.8, 4) is 11.5 Å². The van der Waals surface area contributed by atoms with Crippen LogP contribution in [0.5, 0.6) is 11.5 Å². The summed E-state index contributed by atoms with van der Waals surface area (Å²) in [6.07, 6.45) is -0.795. The molecule has 0 fully saturated rings. The van der Waals surface area contributed by atoms with Gasteiger partial charge >= 0.3 is 0 Å². The van der Waals surface area contributed by atoms with Gasteiger partial charge in [-0.1, -0.05) is 42.5 Å². The fourth-order valence-corrected chi connectivity index (χ4v) is 2.70. The van der Waals surface area contributed by atoms with E-state index in [1.165, 1.54) is 7.11 Å². The molecule has 6 heteroatoms. The van der Waals surface area contributed by atoms with Crippen LogP contribution in [0.15, 0.2) is 78.9 Å². The van der Waals surface area contributed by atoms with Gasteiger partial charge in [0.05, 0.1) is 18.4 Å². The predicted molar refractivity (Wildman–Crippen MR) is 113 cm³/mol. The highest BCUT2D eigenvalue weighted by Crippen LogP contribution is 2.27. The maximum Gasteiger partial charge on any atom is 0.265 e. The van der Waals surface area contributed by atoms with E-state index in [4.69, 9.17) is 9.47 Å². The zero-order valence-corrected chi connectivity index (χ0v) is 16.2. The molecule has 1 atom stereocenters. The minimum atomic E-state index is -0.795. The molecule has 0 aliphatic heterocycles. The van der Waals surface area contributed by atoms with Gasteiger partial charge in [-0.25, -0.2) is 0 Å². The number of hydrogen-bond acceptors (Lipinski definition) is 4. The summed E-state index contributed by atoms with van der Waals surface area (Å²) in [6.45, 7) is 1.63. The van der Waals surface area contributed by atoms with Crippen molar-refractivity contribution in [2.24, 2.45) is 0 Å². The first-order chi connectivity index (χ1) is 14.1. The fourth-order valence-electron chi connectivity index (χ4n) is 2.70. The van der Waals surface area contributed by atoms with E-state index >= 15 is 0 Å². The Labute approximate surface area is 169 Å². The fraction of sp³-hybridized carbons (Fsp3) is 0.130. The molecule has 0 saturated carbocycles. The predicted octanol–water partition coefficient (Wildman–Crippen LogP) is 4.35. The average molecular weight is 390 g/mol. The van der Waals surface area contributed by atoms with Crippen LogP contribution in [0.4, 0.5) is 11.4 Å².